The normalized spacial score (nSPS) is 13.6. The minimum Gasteiger partial charge on any atom is -0.358 e. The smallest absolute Gasteiger partial charge is 0.262 e. The number of aromatic nitrogens is 2. The van der Waals surface area contributed by atoms with Gasteiger partial charge in [0, 0.05) is 19.0 Å². The molecule has 1 aliphatic rings. The van der Waals surface area contributed by atoms with Crippen LogP contribution in [0.4, 0.5) is 0 Å². The molecule has 3 rings (SSSR count). The summed E-state index contributed by atoms with van der Waals surface area (Å²) in [6, 6.07) is 0. The zero-order chi connectivity index (χ0) is 17.3. The summed E-state index contributed by atoms with van der Waals surface area (Å²) in [5.41, 5.74) is 0.945. The number of nitrogens with zero attached hydrogens (tertiary/aromatic N) is 3. The van der Waals surface area contributed by atoms with Crippen molar-refractivity contribution in [3.05, 3.63) is 27.1 Å². The van der Waals surface area contributed by atoms with Crippen molar-refractivity contribution in [2.24, 2.45) is 0 Å². The average molecular weight is 348 g/mol. The molecule has 0 bridgehead atoms. The van der Waals surface area contributed by atoms with Crippen LogP contribution in [0.15, 0.2) is 11.1 Å². The van der Waals surface area contributed by atoms with Crippen LogP contribution in [0.3, 0.4) is 0 Å². The predicted molar refractivity (Wildman–Crippen MR) is 92.2 cm³/mol. The first-order valence-corrected chi connectivity index (χ1v) is 8.77. The second-order valence-electron chi connectivity index (χ2n) is 5.99. The summed E-state index contributed by atoms with van der Waals surface area (Å²) in [5.74, 6) is -0.551. The molecule has 0 radical (unpaired) electrons. The van der Waals surface area contributed by atoms with E-state index in [4.69, 9.17) is 0 Å². The van der Waals surface area contributed by atoms with Crippen molar-refractivity contribution in [2.75, 3.05) is 20.6 Å². The summed E-state index contributed by atoms with van der Waals surface area (Å²) in [6.07, 6.45) is 5.57. The van der Waals surface area contributed by atoms with Crippen molar-refractivity contribution in [1.82, 2.24) is 19.8 Å². The predicted octanol–water partition coefficient (Wildman–Crippen LogP) is 0.541. The molecule has 0 atom stereocenters. The highest BCUT2D eigenvalue weighted by Gasteiger charge is 2.21. The number of amides is 2. The number of aryl methyl sites for hydroxylation is 2. The van der Waals surface area contributed by atoms with Crippen LogP contribution in [0.1, 0.15) is 23.3 Å². The lowest BCUT2D eigenvalue weighted by molar-refractivity contribution is -0.135. The number of carbonyl (C=O) groups excluding carboxylic acids is 2. The Morgan fingerprint density at radius 3 is 2.88 bits per heavy atom. The molecule has 2 aromatic heterocycles. The fourth-order valence-corrected chi connectivity index (χ4v) is 4.16. The second kappa shape index (κ2) is 6.72. The standard InChI is InChI=1S/C16H20N4O3S/c1-17-12(21)7-19(2)13(22)8-20-9-18-15-14(16(20)23)10-5-3-4-6-11(10)24-15/h9H,3-8H2,1-2H3,(H,17,21). The van der Waals surface area contributed by atoms with E-state index in [1.165, 1.54) is 27.7 Å². The number of carbonyl (C=O) groups is 2. The molecule has 0 unspecified atom stereocenters. The van der Waals surface area contributed by atoms with Crippen molar-refractivity contribution in [1.29, 1.82) is 0 Å². The van der Waals surface area contributed by atoms with Gasteiger partial charge in [-0.3, -0.25) is 19.0 Å². The van der Waals surface area contributed by atoms with Crippen LogP contribution in [0.2, 0.25) is 0 Å². The molecule has 0 spiro atoms. The molecule has 0 saturated carbocycles. The molecule has 1 aliphatic carbocycles. The number of fused-ring (bicyclic) bond motifs is 3. The molecular formula is C16H20N4O3S. The third kappa shape index (κ3) is 3.06. The lowest BCUT2D eigenvalue weighted by Gasteiger charge is -2.16. The lowest BCUT2D eigenvalue weighted by Crippen LogP contribution is -2.40. The van der Waals surface area contributed by atoms with E-state index in [2.05, 4.69) is 10.3 Å². The highest BCUT2D eigenvalue weighted by atomic mass is 32.1. The first kappa shape index (κ1) is 16.6. The van der Waals surface area contributed by atoms with Crippen LogP contribution < -0.4 is 10.9 Å². The Morgan fingerprint density at radius 2 is 2.12 bits per heavy atom. The van der Waals surface area contributed by atoms with E-state index in [0.29, 0.717) is 5.39 Å². The van der Waals surface area contributed by atoms with Crippen molar-refractivity contribution in [2.45, 2.75) is 32.2 Å². The number of hydrogen-bond donors (Lipinski definition) is 1. The van der Waals surface area contributed by atoms with Gasteiger partial charge in [-0.15, -0.1) is 11.3 Å². The minimum absolute atomic E-state index is 0.0341. The number of thiophene rings is 1. The van der Waals surface area contributed by atoms with Gasteiger partial charge in [-0.2, -0.15) is 0 Å². The van der Waals surface area contributed by atoms with Gasteiger partial charge < -0.3 is 10.2 Å². The Balaban J connectivity index is 1.88. The Labute approximate surface area is 143 Å². The SMILES string of the molecule is CNC(=O)CN(C)C(=O)Cn1cnc2sc3c(c2c1=O)CCCC3. The average Bonchev–Trinajstić information content (AvgIpc) is 2.96. The molecule has 1 N–H and O–H groups in total. The van der Waals surface area contributed by atoms with E-state index in [1.54, 1.807) is 18.4 Å². The van der Waals surface area contributed by atoms with Gasteiger partial charge in [-0.25, -0.2) is 4.98 Å². The van der Waals surface area contributed by atoms with Crippen LogP contribution in [-0.4, -0.2) is 46.9 Å². The fourth-order valence-electron chi connectivity index (χ4n) is 2.94. The third-order valence-corrected chi connectivity index (χ3v) is 5.53. The highest BCUT2D eigenvalue weighted by Crippen LogP contribution is 2.33. The molecule has 7 nitrogen and oxygen atoms in total. The van der Waals surface area contributed by atoms with Gasteiger partial charge in [-0.1, -0.05) is 0 Å². The van der Waals surface area contributed by atoms with E-state index >= 15 is 0 Å². The van der Waals surface area contributed by atoms with Gasteiger partial charge in [-0.05, 0) is 31.2 Å². The van der Waals surface area contributed by atoms with Gasteiger partial charge in [0.25, 0.3) is 5.56 Å². The topological polar surface area (TPSA) is 84.3 Å². The molecule has 0 aliphatic heterocycles. The van der Waals surface area contributed by atoms with Gasteiger partial charge in [0.05, 0.1) is 18.3 Å². The summed E-state index contributed by atoms with van der Waals surface area (Å²) >= 11 is 1.59. The van der Waals surface area contributed by atoms with Crippen LogP contribution >= 0.6 is 11.3 Å². The number of nitrogens with one attached hydrogen (secondary N) is 1. The molecule has 2 heterocycles. The number of rotatable bonds is 4. The molecule has 0 aromatic carbocycles. The Morgan fingerprint density at radius 1 is 1.38 bits per heavy atom. The molecule has 2 amide bonds. The molecular weight excluding hydrogens is 328 g/mol. The molecule has 8 heteroatoms. The van der Waals surface area contributed by atoms with Crippen molar-refractivity contribution in [3.63, 3.8) is 0 Å². The molecule has 0 fully saturated rings. The van der Waals surface area contributed by atoms with Gasteiger partial charge in [0.15, 0.2) is 0 Å². The Hall–Kier alpha value is -2.22. The first-order valence-electron chi connectivity index (χ1n) is 7.95. The second-order valence-corrected chi connectivity index (χ2v) is 7.08. The quantitative estimate of drug-likeness (QED) is 0.874. The Bertz CT molecular complexity index is 855. The summed E-state index contributed by atoms with van der Waals surface area (Å²) < 4.78 is 1.34. The Kier molecular flexibility index (Phi) is 4.66. The maximum absolute atomic E-state index is 12.8. The zero-order valence-electron chi connectivity index (χ0n) is 13.8. The minimum atomic E-state index is -0.300. The lowest BCUT2D eigenvalue weighted by atomic mass is 9.97. The van der Waals surface area contributed by atoms with Crippen LogP contribution in [-0.2, 0) is 29.0 Å². The maximum Gasteiger partial charge on any atom is 0.262 e. The first-order chi connectivity index (χ1) is 11.5. The van der Waals surface area contributed by atoms with Crippen LogP contribution in [0.25, 0.3) is 10.2 Å². The molecule has 2 aromatic rings. The maximum atomic E-state index is 12.8. The largest absolute Gasteiger partial charge is 0.358 e. The third-order valence-electron chi connectivity index (χ3n) is 4.33. The van der Waals surface area contributed by atoms with Crippen LogP contribution in [0, 0.1) is 0 Å². The van der Waals surface area contributed by atoms with Crippen molar-refractivity contribution in [3.8, 4) is 0 Å². The van der Waals surface area contributed by atoms with E-state index in [1.807, 2.05) is 0 Å². The van der Waals surface area contributed by atoms with Crippen LogP contribution in [0.5, 0.6) is 0 Å². The van der Waals surface area contributed by atoms with Gasteiger partial charge in [0.2, 0.25) is 11.8 Å². The zero-order valence-corrected chi connectivity index (χ0v) is 14.6. The van der Waals surface area contributed by atoms with E-state index in [9.17, 15) is 14.4 Å². The fraction of sp³-hybridized carbons (Fsp3) is 0.500. The summed E-state index contributed by atoms with van der Waals surface area (Å²) in [5, 5.41) is 3.13. The van der Waals surface area contributed by atoms with Crippen molar-refractivity contribution >= 4 is 33.4 Å². The highest BCUT2D eigenvalue weighted by molar-refractivity contribution is 7.18. The van der Waals surface area contributed by atoms with E-state index < -0.39 is 0 Å². The van der Waals surface area contributed by atoms with Crippen molar-refractivity contribution < 1.29 is 9.59 Å². The van der Waals surface area contributed by atoms with E-state index in [0.717, 1.165) is 36.1 Å². The molecule has 24 heavy (non-hydrogen) atoms. The molecule has 0 saturated heterocycles. The molecule has 128 valence electrons. The summed E-state index contributed by atoms with van der Waals surface area (Å²) in [7, 11) is 3.06. The summed E-state index contributed by atoms with van der Waals surface area (Å²) in [6.45, 7) is -0.145. The monoisotopic (exact) mass is 348 g/mol. The summed E-state index contributed by atoms with van der Waals surface area (Å²) in [4.78, 5) is 44.1. The number of likely N-dealkylation sites (N-methyl/N-ethyl adjacent to an activating group) is 2. The van der Waals surface area contributed by atoms with E-state index in [-0.39, 0.29) is 30.5 Å². The number of hydrogen-bond acceptors (Lipinski definition) is 5. The van der Waals surface area contributed by atoms with Gasteiger partial charge in [0.1, 0.15) is 11.4 Å². The van der Waals surface area contributed by atoms with Gasteiger partial charge >= 0.3 is 0 Å².